The minimum absolute atomic E-state index is 0.243. The molecule has 3 heterocycles. The molecule has 0 amide bonds. The van der Waals surface area contributed by atoms with Crippen molar-refractivity contribution in [3.05, 3.63) is 138 Å². The molecule has 3 nitrogen and oxygen atoms in total. The molecule has 1 aromatic carbocycles. The fraction of sp³-hybridized carbons (Fsp3) is 0.500. The lowest BCUT2D eigenvalue weighted by atomic mass is 9.72. The van der Waals surface area contributed by atoms with Crippen molar-refractivity contribution >= 4 is 0 Å². The monoisotopic (exact) mass is 674 g/mol. The SMILES string of the molecule is C1=CCC(C2C=CC(N3C4CCC(C5=CC6C7C=CCCC7N(C7CC=CC8c9ccccc9OC87)C6CC5)C=C4C4CCC=CC43)=CC2)C=C1. The maximum absolute atomic E-state index is 6.82. The Bertz CT molecular complexity index is 1830. The molecule has 51 heavy (non-hydrogen) atoms. The Labute approximate surface area is 305 Å². The fourth-order valence-corrected chi connectivity index (χ4v) is 12.8. The van der Waals surface area contributed by atoms with Crippen LogP contribution in [0.5, 0.6) is 5.75 Å². The van der Waals surface area contributed by atoms with E-state index in [-0.39, 0.29) is 6.10 Å². The van der Waals surface area contributed by atoms with Crippen LogP contribution in [0.3, 0.4) is 0 Å². The molecule has 11 rings (SSSR count). The summed E-state index contributed by atoms with van der Waals surface area (Å²) in [6.45, 7) is 0. The Hall–Kier alpha value is -3.56. The van der Waals surface area contributed by atoms with E-state index < -0.39 is 0 Å². The molecule has 10 aliphatic rings. The van der Waals surface area contributed by atoms with E-state index in [4.69, 9.17) is 4.74 Å². The van der Waals surface area contributed by atoms with E-state index in [1.165, 1.54) is 75.5 Å². The molecule has 0 N–H and O–H groups in total. The first kappa shape index (κ1) is 31.0. The summed E-state index contributed by atoms with van der Waals surface area (Å²) >= 11 is 0. The lowest BCUT2D eigenvalue weighted by Crippen LogP contribution is -2.54. The van der Waals surface area contributed by atoms with Crippen molar-refractivity contribution in [3.8, 4) is 5.75 Å². The summed E-state index contributed by atoms with van der Waals surface area (Å²) < 4.78 is 6.82. The van der Waals surface area contributed by atoms with Gasteiger partial charge in [-0.2, -0.15) is 0 Å². The standard InChI is InChI=1S/C48H54N2O/c1-2-11-31(12-3-1)32-21-25-35(26-22-32)49-42-17-7-4-13-36(42)40-29-33(23-27-44(40)49)34-24-28-45-41(30-34)37-14-5-8-18-43(37)50(45)46-19-10-16-39-38-15-6-9-20-47(38)51-48(39)46/h1-3,5-7,9-11,14-17,20-21,25-26,29-33,36-37,39,41-46,48H,4,8,12-13,18-19,22-24,27-28H2. The molecular formula is C48H54N2O. The van der Waals surface area contributed by atoms with Gasteiger partial charge in [0.05, 0.1) is 18.1 Å². The summed E-state index contributed by atoms with van der Waals surface area (Å²) in [4.78, 5) is 5.89. The van der Waals surface area contributed by atoms with E-state index in [0.717, 1.165) is 12.2 Å². The third kappa shape index (κ3) is 5.00. The van der Waals surface area contributed by atoms with Crippen LogP contribution < -0.4 is 4.74 Å². The van der Waals surface area contributed by atoms with Crippen molar-refractivity contribution in [1.29, 1.82) is 0 Å². The van der Waals surface area contributed by atoms with Crippen LogP contribution in [0.4, 0.5) is 0 Å². The second-order valence-corrected chi connectivity index (χ2v) is 17.4. The number of ether oxygens (including phenoxy) is 1. The van der Waals surface area contributed by atoms with Gasteiger partial charge in [0.2, 0.25) is 0 Å². The lowest BCUT2D eigenvalue weighted by Gasteiger charge is -2.44. The van der Waals surface area contributed by atoms with E-state index >= 15 is 0 Å². The van der Waals surface area contributed by atoms with Crippen LogP contribution in [0.15, 0.2) is 132 Å². The maximum Gasteiger partial charge on any atom is 0.125 e. The highest BCUT2D eigenvalue weighted by atomic mass is 16.5. The van der Waals surface area contributed by atoms with Crippen molar-refractivity contribution < 1.29 is 4.74 Å². The van der Waals surface area contributed by atoms with Gasteiger partial charge in [0.15, 0.2) is 0 Å². The van der Waals surface area contributed by atoms with Gasteiger partial charge in [0.1, 0.15) is 11.9 Å². The predicted molar refractivity (Wildman–Crippen MR) is 207 cm³/mol. The summed E-state index contributed by atoms with van der Waals surface area (Å²) in [5.41, 5.74) is 6.43. The molecule has 1 aromatic rings. The minimum atomic E-state index is 0.243. The molecule has 3 heteroatoms. The Balaban J connectivity index is 0.861. The van der Waals surface area contributed by atoms with Crippen molar-refractivity contribution in [2.24, 2.45) is 35.5 Å². The molecule has 7 aliphatic carbocycles. The van der Waals surface area contributed by atoms with E-state index in [1.807, 2.05) is 0 Å². The topological polar surface area (TPSA) is 15.7 Å². The Morgan fingerprint density at radius 1 is 0.686 bits per heavy atom. The number of hydrogen-bond donors (Lipinski definition) is 0. The van der Waals surface area contributed by atoms with Gasteiger partial charge >= 0.3 is 0 Å². The Morgan fingerprint density at radius 2 is 1.59 bits per heavy atom. The number of allylic oxidation sites excluding steroid dienone is 11. The smallest absolute Gasteiger partial charge is 0.125 e. The van der Waals surface area contributed by atoms with Gasteiger partial charge in [0.25, 0.3) is 0 Å². The molecule has 2 fully saturated rings. The van der Waals surface area contributed by atoms with Crippen molar-refractivity contribution in [3.63, 3.8) is 0 Å². The molecule has 0 saturated carbocycles. The van der Waals surface area contributed by atoms with Crippen molar-refractivity contribution in [2.75, 3.05) is 0 Å². The first-order chi connectivity index (χ1) is 25.3. The number of benzene rings is 1. The van der Waals surface area contributed by atoms with Gasteiger partial charge in [0, 0.05) is 47.0 Å². The number of fused-ring (bicyclic) bond motifs is 9. The minimum Gasteiger partial charge on any atom is -0.488 e. The van der Waals surface area contributed by atoms with E-state index in [0.29, 0.717) is 71.6 Å². The summed E-state index contributed by atoms with van der Waals surface area (Å²) in [5.74, 6) is 5.35. The summed E-state index contributed by atoms with van der Waals surface area (Å²) in [6.07, 6.45) is 51.5. The zero-order valence-corrected chi connectivity index (χ0v) is 30.1. The Kier molecular flexibility index (Phi) is 7.63. The molecule has 0 radical (unpaired) electrons. The van der Waals surface area contributed by atoms with Gasteiger partial charge in [-0.1, -0.05) is 109 Å². The van der Waals surface area contributed by atoms with Gasteiger partial charge in [-0.3, -0.25) is 4.90 Å². The van der Waals surface area contributed by atoms with Crippen LogP contribution in [0.1, 0.15) is 82.1 Å². The average Bonchev–Trinajstić information content (AvgIpc) is 3.86. The third-order valence-corrected chi connectivity index (χ3v) is 15.1. The van der Waals surface area contributed by atoms with Gasteiger partial charge in [-0.15, -0.1) is 0 Å². The van der Waals surface area contributed by atoms with Crippen LogP contribution in [-0.2, 0) is 0 Å². The zero-order chi connectivity index (χ0) is 33.5. The maximum atomic E-state index is 6.82. The zero-order valence-electron chi connectivity index (χ0n) is 30.1. The molecule has 262 valence electrons. The average molecular weight is 675 g/mol. The molecule has 13 atom stereocenters. The number of rotatable bonds is 4. The molecule has 13 unspecified atom stereocenters. The van der Waals surface area contributed by atoms with E-state index in [9.17, 15) is 0 Å². The first-order valence-electron chi connectivity index (χ1n) is 20.8. The normalized spacial score (nSPS) is 42.9. The van der Waals surface area contributed by atoms with Crippen molar-refractivity contribution in [2.45, 2.75) is 113 Å². The van der Waals surface area contributed by atoms with Gasteiger partial charge < -0.3 is 9.64 Å². The highest BCUT2D eigenvalue weighted by Crippen LogP contribution is 2.54. The van der Waals surface area contributed by atoms with Crippen molar-refractivity contribution in [1.82, 2.24) is 9.80 Å². The fourth-order valence-electron chi connectivity index (χ4n) is 12.8. The second-order valence-electron chi connectivity index (χ2n) is 17.4. The first-order valence-corrected chi connectivity index (χ1v) is 20.8. The van der Waals surface area contributed by atoms with E-state index in [2.05, 4.69) is 125 Å². The number of likely N-dealkylation sites (tertiary alicyclic amines) is 2. The quantitative estimate of drug-likeness (QED) is 0.296. The molecule has 2 saturated heterocycles. The lowest BCUT2D eigenvalue weighted by molar-refractivity contribution is 0.0244. The second kappa shape index (κ2) is 12.5. The summed E-state index contributed by atoms with van der Waals surface area (Å²) in [6, 6.07) is 11.6. The number of nitrogens with zero attached hydrogens (tertiary/aromatic N) is 2. The number of hydrogen-bond acceptors (Lipinski definition) is 3. The third-order valence-electron chi connectivity index (χ3n) is 15.1. The van der Waals surface area contributed by atoms with Crippen LogP contribution in [0, 0.1) is 35.5 Å². The van der Waals surface area contributed by atoms with Crippen LogP contribution in [0.25, 0.3) is 0 Å². The largest absolute Gasteiger partial charge is 0.488 e. The highest BCUT2D eigenvalue weighted by Gasteiger charge is 2.55. The molecule has 0 spiro atoms. The van der Waals surface area contributed by atoms with Crippen LogP contribution in [0.2, 0.25) is 0 Å². The summed E-state index contributed by atoms with van der Waals surface area (Å²) in [7, 11) is 0. The predicted octanol–water partition coefficient (Wildman–Crippen LogP) is 10.2. The van der Waals surface area contributed by atoms with E-state index in [1.54, 1.807) is 11.1 Å². The van der Waals surface area contributed by atoms with Crippen LogP contribution in [-0.4, -0.2) is 46.1 Å². The summed E-state index contributed by atoms with van der Waals surface area (Å²) in [5, 5.41) is 0. The Morgan fingerprint density at radius 3 is 2.51 bits per heavy atom. The molecule has 0 bridgehead atoms. The number of para-hydroxylation sites is 1. The molecule has 0 aromatic heterocycles. The highest BCUT2D eigenvalue weighted by molar-refractivity contribution is 5.46. The van der Waals surface area contributed by atoms with Crippen LogP contribution >= 0.6 is 0 Å². The molecule has 3 aliphatic heterocycles. The van der Waals surface area contributed by atoms with Gasteiger partial charge in [-0.25, -0.2) is 0 Å². The van der Waals surface area contributed by atoms with Gasteiger partial charge in [-0.05, 0) is 106 Å². The molecular weight excluding hydrogens is 621 g/mol.